The zero-order valence-electron chi connectivity index (χ0n) is 9.95. The summed E-state index contributed by atoms with van der Waals surface area (Å²) in [7, 11) is 0. The van der Waals surface area contributed by atoms with Gasteiger partial charge in [-0.1, -0.05) is 13.0 Å². The standard InChI is InChI=1S/C13H18O3/c1-4-10(13(15)16)7-11-5-9(3)12(14)6-8(11)2/h5-6,10,14H,4,7H2,1-3H3,(H,15,16). The predicted octanol–water partition coefficient (Wildman–Crippen LogP) is 2.66. The molecule has 0 saturated heterocycles. The second-order valence-corrected chi connectivity index (χ2v) is 4.21. The number of aromatic hydroxyl groups is 1. The van der Waals surface area contributed by atoms with Crippen LogP contribution in [0.2, 0.25) is 0 Å². The number of carboxylic acid groups (broad SMARTS) is 1. The molecule has 3 heteroatoms. The van der Waals surface area contributed by atoms with Crippen LogP contribution < -0.4 is 0 Å². The zero-order chi connectivity index (χ0) is 12.3. The number of hydrogen-bond donors (Lipinski definition) is 2. The van der Waals surface area contributed by atoms with E-state index in [0.717, 1.165) is 16.7 Å². The molecule has 0 bridgehead atoms. The van der Waals surface area contributed by atoms with Crippen molar-refractivity contribution in [3.8, 4) is 5.75 Å². The Labute approximate surface area is 95.7 Å². The van der Waals surface area contributed by atoms with Gasteiger partial charge in [-0.15, -0.1) is 0 Å². The molecule has 0 amide bonds. The van der Waals surface area contributed by atoms with E-state index in [2.05, 4.69) is 0 Å². The van der Waals surface area contributed by atoms with Crippen LogP contribution in [0.1, 0.15) is 30.0 Å². The quantitative estimate of drug-likeness (QED) is 0.823. The summed E-state index contributed by atoms with van der Waals surface area (Å²) in [6.45, 7) is 5.59. The number of phenols is 1. The molecule has 0 heterocycles. The van der Waals surface area contributed by atoms with E-state index in [1.165, 1.54) is 0 Å². The number of phenolic OH excluding ortho intramolecular Hbond substituents is 1. The van der Waals surface area contributed by atoms with Gasteiger partial charge < -0.3 is 10.2 Å². The Hall–Kier alpha value is -1.51. The lowest BCUT2D eigenvalue weighted by molar-refractivity contribution is -0.141. The first kappa shape index (κ1) is 12.6. The Morgan fingerprint density at radius 3 is 2.44 bits per heavy atom. The van der Waals surface area contributed by atoms with Crippen molar-refractivity contribution in [2.75, 3.05) is 0 Å². The van der Waals surface area contributed by atoms with Crippen LogP contribution in [-0.4, -0.2) is 16.2 Å². The van der Waals surface area contributed by atoms with Crippen LogP contribution in [0.25, 0.3) is 0 Å². The molecule has 0 aliphatic carbocycles. The SMILES string of the molecule is CCC(Cc1cc(C)c(O)cc1C)C(=O)O. The molecule has 0 spiro atoms. The fourth-order valence-corrected chi connectivity index (χ4v) is 1.75. The number of aryl methyl sites for hydroxylation is 2. The van der Waals surface area contributed by atoms with Gasteiger partial charge in [-0.3, -0.25) is 4.79 Å². The molecule has 3 nitrogen and oxygen atoms in total. The monoisotopic (exact) mass is 222 g/mol. The van der Waals surface area contributed by atoms with Gasteiger partial charge in [-0.05, 0) is 49.4 Å². The molecule has 0 radical (unpaired) electrons. The molecule has 1 atom stereocenters. The highest BCUT2D eigenvalue weighted by atomic mass is 16.4. The van der Waals surface area contributed by atoms with Crippen LogP contribution in [0.5, 0.6) is 5.75 Å². The van der Waals surface area contributed by atoms with Crippen molar-refractivity contribution in [3.05, 3.63) is 28.8 Å². The van der Waals surface area contributed by atoms with E-state index in [0.29, 0.717) is 12.8 Å². The van der Waals surface area contributed by atoms with Crippen molar-refractivity contribution in [1.29, 1.82) is 0 Å². The summed E-state index contributed by atoms with van der Waals surface area (Å²) in [5.41, 5.74) is 2.74. The Kier molecular flexibility index (Phi) is 3.93. The molecular formula is C13H18O3. The number of rotatable bonds is 4. The second kappa shape index (κ2) is 5.01. The third-order valence-electron chi connectivity index (χ3n) is 2.96. The molecule has 0 saturated carbocycles. The van der Waals surface area contributed by atoms with Crippen LogP contribution in [0.4, 0.5) is 0 Å². The van der Waals surface area contributed by atoms with Gasteiger partial charge in [0.15, 0.2) is 0 Å². The minimum atomic E-state index is -0.757. The molecule has 0 fully saturated rings. The van der Waals surface area contributed by atoms with Gasteiger partial charge in [0, 0.05) is 0 Å². The number of carbonyl (C=O) groups is 1. The van der Waals surface area contributed by atoms with Crippen LogP contribution in [0, 0.1) is 19.8 Å². The van der Waals surface area contributed by atoms with E-state index < -0.39 is 5.97 Å². The van der Waals surface area contributed by atoms with Gasteiger partial charge in [0.2, 0.25) is 0 Å². The van der Waals surface area contributed by atoms with E-state index in [-0.39, 0.29) is 11.7 Å². The summed E-state index contributed by atoms with van der Waals surface area (Å²) in [6.07, 6.45) is 1.15. The summed E-state index contributed by atoms with van der Waals surface area (Å²) in [5.74, 6) is -0.833. The van der Waals surface area contributed by atoms with Gasteiger partial charge in [-0.2, -0.15) is 0 Å². The van der Waals surface area contributed by atoms with Gasteiger partial charge in [0.05, 0.1) is 5.92 Å². The van der Waals surface area contributed by atoms with Crippen molar-refractivity contribution in [1.82, 2.24) is 0 Å². The Bertz CT molecular complexity index is 396. The summed E-state index contributed by atoms with van der Waals surface area (Å²) < 4.78 is 0. The van der Waals surface area contributed by atoms with Gasteiger partial charge in [0.25, 0.3) is 0 Å². The van der Waals surface area contributed by atoms with E-state index >= 15 is 0 Å². The molecule has 1 unspecified atom stereocenters. The molecule has 0 aromatic heterocycles. The highest BCUT2D eigenvalue weighted by Gasteiger charge is 2.17. The first-order valence-corrected chi connectivity index (χ1v) is 5.47. The highest BCUT2D eigenvalue weighted by Crippen LogP contribution is 2.24. The topological polar surface area (TPSA) is 57.5 Å². The van der Waals surface area contributed by atoms with Crippen LogP contribution in [0.3, 0.4) is 0 Å². The van der Waals surface area contributed by atoms with Crippen LogP contribution in [-0.2, 0) is 11.2 Å². The largest absolute Gasteiger partial charge is 0.508 e. The third-order valence-corrected chi connectivity index (χ3v) is 2.96. The van der Waals surface area contributed by atoms with Crippen LogP contribution in [0.15, 0.2) is 12.1 Å². The molecule has 0 aliphatic rings. The first-order chi connectivity index (χ1) is 7.45. The lowest BCUT2D eigenvalue weighted by atomic mass is 9.93. The molecule has 2 N–H and O–H groups in total. The van der Waals surface area contributed by atoms with Crippen molar-refractivity contribution in [2.24, 2.45) is 5.92 Å². The molecule has 88 valence electrons. The maximum absolute atomic E-state index is 10.9. The second-order valence-electron chi connectivity index (χ2n) is 4.21. The normalized spacial score (nSPS) is 12.4. The van der Waals surface area contributed by atoms with Crippen molar-refractivity contribution in [3.63, 3.8) is 0 Å². The average Bonchev–Trinajstić information content (AvgIpc) is 2.21. The highest BCUT2D eigenvalue weighted by molar-refractivity contribution is 5.70. The minimum Gasteiger partial charge on any atom is -0.508 e. The lowest BCUT2D eigenvalue weighted by Crippen LogP contribution is -2.16. The van der Waals surface area contributed by atoms with Gasteiger partial charge in [-0.25, -0.2) is 0 Å². The maximum Gasteiger partial charge on any atom is 0.306 e. The third kappa shape index (κ3) is 2.75. The Morgan fingerprint density at radius 1 is 1.31 bits per heavy atom. The first-order valence-electron chi connectivity index (χ1n) is 5.47. The molecule has 1 rings (SSSR count). The smallest absolute Gasteiger partial charge is 0.306 e. The number of aliphatic carboxylic acids is 1. The summed E-state index contributed by atoms with van der Waals surface area (Å²) in [4.78, 5) is 10.9. The van der Waals surface area contributed by atoms with Crippen molar-refractivity contribution >= 4 is 5.97 Å². The molecule has 0 aliphatic heterocycles. The average molecular weight is 222 g/mol. The van der Waals surface area contributed by atoms with Crippen LogP contribution >= 0.6 is 0 Å². The molecule has 1 aromatic carbocycles. The van der Waals surface area contributed by atoms with Crippen molar-refractivity contribution in [2.45, 2.75) is 33.6 Å². The van der Waals surface area contributed by atoms with Gasteiger partial charge in [0.1, 0.15) is 5.75 Å². The summed E-state index contributed by atoms with van der Waals surface area (Å²) >= 11 is 0. The lowest BCUT2D eigenvalue weighted by Gasteiger charge is -2.13. The molecule has 16 heavy (non-hydrogen) atoms. The van der Waals surface area contributed by atoms with E-state index in [4.69, 9.17) is 5.11 Å². The predicted molar refractivity (Wildman–Crippen MR) is 62.7 cm³/mol. The zero-order valence-corrected chi connectivity index (χ0v) is 9.95. The number of hydrogen-bond acceptors (Lipinski definition) is 2. The Morgan fingerprint density at radius 2 is 1.94 bits per heavy atom. The fourth-order valence-electron chi connectivity index (χ4n) is 1.75. The Balaban J connectivity index is 2.96. The van der Waals surface area contributed by atoms with Gasteiger partial charge >= 0.3 is 5.97 Å². The van der Waals surface area contributed by atoms with E-state index in [9.17, 15) is 9.90 Å². The van der Waals surface area contributed by atoms with E-state index in [1.54, 1.807) is 6.07 Å². The maximum atomic E-state index is 10.9. The van der Waals surface area contributed by atoms with E-state index in [1.807, 2.05) is 26.8 Å². The summed E-state index contributed by atoms with van der Waals surface area (Å²) in [5, 5.41) is 18.5. The minimum absolute atomic E-state index is 0.268. The van der Waals surface area contributed by atoms with Crippen molar-refractivity contribution < 1.29 is 15.0 Å². The molecular weight excluding hydrogens is 204 g/mol. The summed E-state index contributed by atoms with van der Waals surface area (Å²) in [6, 6.07) is 3.56. The number of carboxylic acids is 1. The molecule has 1 aromatic rings. The fraction of sp³-hybridized carbons (Fsp3) is 0.462. The number of benzene rings is 1.